The Morgan fingerprint density at radius 2 is 2.12 bits per heavy atom. The molecule has 1 aliphatic heterocycles. The van der Waals surface area contributed by atoms with Crippen LogP contribution in [0.1, 0.15) is 33.6 Å². The van der Waals surface area contributed by atoms with Crippen molar-refractivity contribution in [2.24, 2.45) is 5.73 Å². The van der Waals surface area contributed by atoms with Crippen LogP contribution < -0.4 is 5.73 Å². The van der Waals surface area contributed by atoms with E-state index in [2.05, 4.69) is 0 Å². The van der Waals surface area contributed by atoms with E-state index in [0.717, 1.165) is 6.42 Å². The van der Waals surface area contributed by atoms with Gasteiger partial charge in [-0.25, -0.2) is 0 Å². The van der Waals surface area contributed by atoms with Gasteiger partial charge in [-0.3, -0.25) is 14.5 Å². The highest BCUT2D eigenvalue weighted by Gasteiger charge is 2.38. The van der Waals surface area contributed by atoms with Crippen LogP contribution in [0.2, 0.25) is 0 Å². The molecule has 0 saturated carbocycles. The molecule has 2 N–H and O–H groups in total. The predicted octanol–water partition coefficient (Wildman–Crippen LogP) is 0.994. The molecule has 0 bridgehead atoms. The standard InChI is InChI=1S/C11H20N2O2S/c1-4-5-13-9(14)6-8(10(13)15)16-7-11(2,3)12/h8H,4-7,12H2,1-3H3. The highest BCUT2D eigenvalue weighted by atomic mass is 32.2. The van der Waals surface area contributed by atoms with Crippen molar-refractivity contribution in [3.63, 3.8) is 0 Å². The molecule has 4 nitrogen and oxygen atoms in total. The van der Waals surface area contributed by atoms with Gasteiger partial charge in [-0.1, -0.05) is 6.92 Å². The van der Waals surface area contributed by atoms with E-state index < -0.39 is 0 Å². The molecule has 0 aromatic heterocycles. The van der Waals surface area contributed by atoms with Crippen molar-refractivity contribution in [1.82, 2.24) is 4.90 Å². The monoisotopic (exact) mass is 244 g/mol. The lowest BCUT2D eigenvalue weighted by Gasteiger charge is -2.19. The number of carbonyl (C=O) groups excluding carboxylic acids is 2. The van der Waals surface area contributed by atoms with Crippen LogP contribution in [0.25, 0.3) is 0 Å². The Morgan fingerprint density at radius 3 is 2.62 bits per heavy atom. The van der Waals surface area contributed by atoms with Crippen molar-refractivity contribution in [3.05, 3.63) is 0 Å². The molecule has 0 radical (unpaired) electrons. The number of hydrogen-bond donors (Lipinski definition) is 1. The van der Waals surface area contributed by atoms with E-state index in [1.54, 1.807) is 0 Å². The highest BCUT2D eigenvalue weighted by Crippen LogP contribution is 2.27. The molecule has 0 spiro atoms. The number of nitrogens with two attached hydrogens (primary N) is 1. The molecule has 92 valence electrons. The number of thioether (sulfide) groups is 1. The second-order valence-corrected chi connectivity index (χ2v) is 6.07. The second-order valence-electron chi connectivity index (χ2n) is 4.88. The lowest BCUT2D eigenvalue weighted by atomic mass is 10.1. The third-order valence-corrected chi connectivity index (χ3v) is 3.99. The summed E-state index contributed by atoms with van der Waals surface area (Å²) in [5.41, 5.74) is 5.56. The van der Waals surface area contributed by atoms with Gasteiger partial charge in [0.2, 0.25) is 11.8 Å². The molecular weight excluding hydrogens is 224 g/mol. The van der Waals surface area contributed by atoms with Crippen molar-refractivity contribution in [2.45, 2.75) is 44.4 Å². The molecule has 1 heterocycles. The van der Waals surface area contributed by atoms with E-state index >= 15 is 0 Å². The second kappa shape index (κ2) is 5.19. The van der Waals surface area contributed by atoms with Crippen molar-refractivity contribution < 1.29 is 9.59 Å². The van der Waals surface area contributed by atoms with Crippen LogP contribution in [0.5, 0.6) is 0 Å². The summed E-state index contributed by atoms with van der Waals surface area (Å²) in [5, 5.41) is -0.220. The first-order chi connectivity index (χ1) is 7.35. The van der Waals surface area contributed by atoms with Gasteiger partial charge >= 0.3 is 0 Å². The molecule has 5 heteroatoms. The number of amides is 2. The highest BCUT2D eigenvalue weighted by molar-refractivity contribution is 8.00. The van der Waals surface area contributed by atoms with Gasteiger partial charge in [0.1, 0.15) is 0 Å². The van der Waals surface area contributed by atoms with Crippen LogP contribution >= 0.6 is 11.8 Å². The lowest BCUT2D eigenvalue weighted by Crippen LogP contribution is -2.37. The zero-order chi connectivity index (χ0) is 12.3. The minimum absolute atomic E-state index is 0.0406. The largest absolute Gasteiger partial charge is 0.325 e. The van der Waals surface area contributed by atoms with Gasteiger partial charge in [0.15, 0.2) is 0 Å². The molecule has 1 saturated heterocycles. The minimum atomic E-state index is -0.299. The lowest BCUT2D eigenvalue weighted by molar-refractivity contribution is -0.138. The Hall–Kier alpha value is -0.550. The maximum Gasteiger partial charge on any atom is 0.242 e. The van der Waals surface area contributed by atoms with E-state index in [9.17, 15) is 9.59 Å². The maximum atomic E-state index is 11.9. The quantitative estimate of drug-likeness (QED) is 0.733. The van der Waals surface area contributed by atoms with Gasteiger partial charge < -0.3 is 5.73 Å². The number of rotatable bonds is 5. The Bertz CT molecular complexity index is 286. The van der Waals surface area contributed by atoms with Crippen LogP contribution in [0.15, 0.2) is 0 Å². The molecule has 1 fully saturated rings. The van der Waals surface area contributed by atoms with E-state index in [-0.39, 0.29) is 22.6 Å². The summed E-state index contributed by atoms with van der Waals surface area (Å²) in [6.07, 6.45) is 1.15. The molecule has 0 aliphatic carbocycles. The summed E-state index contributed by atoms with van der Waals surface area (Å²) >= 11 is 1.50. The third kappa shape index (κ3) is 3.49. The van der Waals surface area contributed by atoms with Crippen LogP contribution in [0.3, 0.4) is 0 Å². The first-order valence-electron chi connectivity index (χ1n) is 5.60. The van der Waals surface area contributed by atoms with Crippen LogP contribution in [0, 0.1) is 0 Å². The third-order valence-electron chi connectivity index (χ3n) is 2.31. The van der Waals surface area contributed by atoms with Gasteiger partial charge in [-0.2, -0.15) is 0 Å². The molecule has 2 amide bonds. The van der Waals surface area contributed by atoms with Gasteiger partial charge in [-0.05, 0) is 20.3 Å². The minimum Gasteiger partial charge on any atom is -0.325 e. The van der Waals surface area contributed by atoms with Gasteiger partial charge in [0, 0.05) is 24.3 Å². The summed E-state index contributed by atoms with van der Waals surface area (Å²) in [5.74, 6) is 0.608. The van der Waals surface area contributed by atoms with E-state index in [1.807, 2.05) is 20.8 Å². The molecule has 1 unspecified atom stereocenters. The normalized spacial score (nSPS) is 22.0. The van der Waals surface area contributed by atoms with Gasteiger partial charge in [-0.15, -0.1) is 11.8 Å². The fourth-order valence-corrected chi connectivity index (χ4v) is 2.72. The average molecular weight is 244 g/mol. The molecule has 0 aromatic carbocycles. The van der Waals surface area contributed by atoms with E-state index in [0.29, 0.717) is 18.7 Å². The first-order valence-corrected chi connectivity index (χ1v) is 6.64. The predicted molar refractivity (Wildman–Crippen MR) is 66.1 cm³/mol. The SMILES string of the molecule is CCCN1C(=O)CC(SCC(C)(C)N)C1=O. The summed E-state index contributed by atoms with van der Waals surface area (Å²) in [4.78, 5) is 24.8. The Kier molecular flexibility index (Phi) is 4.38. The molecule has 16 heavy (non-hydrogen) atoms. The van der Waals surface area contributed by atoms with Crippen molar-refractivity contribution >= 4 is 23.6 Å². The Labute approximate surface area is 101 Å². The first kappa shape index (κ1) is 13.5. The van der Waals surface area contributed by atoms with Crippen molar-refractivity contribution in [3.8, 4) is 0 Å². The van der Waals surface area contributed by atoms with Crippen LogP contribution in [-0.4, -0.2) is 39.8 Å². The topological polar surface area (TPSA) is 63.4 Å². The molecule has 1 aliphatic rings. The molecule has 1 atom stereocenters. The summed E-state index contributed by atoms with van der Waals surface area (Å²) in [6.45, 7) is 6.35. The number of nitrogens with zero attached hydrogens (tertiary/aromatic N) is 1. The number of imide groups is 1. The number of hydrogen-bond acceptors (Lipinski definition) is 4. The van der Waals surface area contributed by atoms with Crippen molar-refractivity contribution in [2.75, 3.05) is 12.3 Å². The van der Waals surface area contributed by atoms with Gasteiger partial charge in [0.25, 0.3) is 0 Å². The fraction of sp³-hybridized carbons (Fsp3) is 0.818. The summed E-state index contributed by atoms with van der Waals surface area (Å²) < 4.78 is 0. The Morgan fingerprint density at radius 1 is 1.50 bits per heavy atom. The molecular formula is C11H20N2O2S. The summed E-state index contributed by atoms with van der Waals surface area (Å²) in [7, 11) is 0. The summed E-state index contributed by atoms with van der Waals surface area (Å²) in [6, 6.07) is 0. The van der Waals surface area contributed by atoms with Gasteiger partial charge in [0.05, 0.1) is 5.25 Å². The number of carbonyl (C=O) groups is 2. The maximum absolute atomic E-state index is 11.9. The zero-order valence-corrected chi connectivity index (χ0v) is 11.0. The molecule has 1 rings (SSSR count). The average Bonchev–Trinajstić information content (AvgIpc) is 2.42. The van der Waals surface area contributed by atoms with E-state index in [4.69, 9.17) is 5.73 Å². The molecule has 0 aromatic rings. The van der Waals surface area contributed by atoms with E-state index in [1.165, 1.54) is 16.7 Å². The Balaban J connectivity index is 2.52. The zero-order valence-electron chi connectivity index (χ0n) is 10.2. The van der Waals surface area contributed by atoms with Crippen LogP contribution in [-0.2, 0) is 9.59 Å². The van der Waals surface area contributed by atoms with Crippen molar-refractivity contribution in [1.29, 1.82) is 0 Å². The fourth-order valence-electron chi connectivity index (χ4n) is 1.56. The van der Waals surface area contributed by atoms with Crippen LogP contribution in [0.4, 0.5) is 0 Å². The smallest absolute Gasteiger partial charge is 0.242 e. The number of likely N-dealkylation sites (tertiary alicyclic amines) is 1.